The molecule has 0 heterocycles. The normalized spacial score (nSPS) is 37.8. The first kappa shape index (κ1) is 24.4. The van der Waals surface area contributed by atoms with Gasteiger partial charge in [-0.2, -0.15) is 0 Å². The predicted molar refractivity (Wildman–Crippen MR) is 124 cm³/mol. The fraction of sp³-hybridized carbons (Fsp3) is 0.741. The number of rotatable bonds is 6. The summed E-state index contributed by atoms with van der Waals surface area (Å²) in [5, 5.41) is 30.1. The molecule has 0 spiro atoms. The van der Waals surface area contributed by atoms with Crippen LogP contribution in [0.15, 0.2) is 35.5 Å². The van der Waals surface area contributed by atoms with E-state index in [-0.39, 0.29) is 17.6 Å². The number of hydrogen-bond acceptors (Lipinski definition) is 4. The van der Waals surface area contributed by atoms with Crippen molar-refractivity contribution in [2.75, 3.05) is 0 Å². The molecule has 3 N–H and O–H groups in total. The summed E-state index contributed by atoms with van der Waals surface area (Å²) in [6.07, 6.45) is 10.6. The van der Waals surface area contributed by atoms with Gasteiger partial charge in [-0.15, -0.1) is 0 Å². The number of aliphatic hydroxyl groups excluding tert-OH is 2. The first-order valence-electron chi connectivity index (χ1n) is 12.1. The van der Waals surface area contributed by atoms with Crippen molar-refractivity contribution in [2.24, 2.45) is 23.2 Å². The standard InChI is InChI=1S/C27H42O4/c1-17(13-22(29)16-26(3,4)31)23-10-11-24-19(7-6-12-27(23,24)5)8-9-20-14-21(28)15-25(30)18(20)2/h8-9,17,21,23-25,28,30-31H,2,6-7,10-16H2,1,3-5H3/b19-8+,20-9-/t17-,21-,23-,24+,25?,27-/m1/s1. The number of carbonyl (C=O) groups is 1. The van der Waals surface area contributed by atoms with Crippen LogP contribution >= 0.6 is 0 Å². The molecular formula is C27H42O4. The Balaban J connectivity index is 1.73. The number of allylic oxidation sites excluding steroid dienone is 3. The molecular weight excluding hydrogens is 388 g/mol. The molecule has 0 bridgehead atoms. The van der Waals surface area contributed by atoms with E-state index >= 15 is 0 Å². The molecule has 0 aromatic heterocycles. The summed E-state index contributed by atoms with van der Waals surface area (Å²) in [4.78, 5) is 12.5. The van der Waals surface area contributed by atoms with Gasteiger partial charge in [0.1, 0.15) is 5.78 Å². The van der Waals surface area contributed by atoms with Crippen molar-refractivity contribution in [2.45, 2.75) is 103 Å². The lowest BCUT2D eigenvalue weighted by Gasteiger charge is -2.44. The molecule has 4 nitrogen and oxygen atoms in total. The van der Waals surface area contributed by atoms with E-state index in [1.807, 2.05) is 0 Å². The van der Waals surface area contributed by atoms with Gasteiger partial charge in [0, 0.05) is 19.3 Å². The van der Waals surface area contributed by atoms with Crippen LogP contribution in [0.2, 0.25) is 0 Å². The maximum atomic E-state index is 12.5. The molecule has 31 heavy (non-hydrogen) atoms. The number of carbonyl (C=O) groups excluding carboxylic acids is 1. The second-order valence-electron chi connectivity index (χ2n) is 11.4. The quantitative estimate of drug-likeness (QED) is 0.561. The largest absolute Gasteiger partial charge is 0.393 e. The van der Waals surface area contributed by atoms with Crippen LogP contribution in [-0.2, 0) is 4.79 Å². The monoisotopic (exact) mass is 430 g/mol. The molecule has 0 aliphatic heterocycles. The Morgan fingerprint density at radius 1 is 1.29 bits per heavy atom. The summed E-state index contributed by atoms with van der Waals surface area (Å²) in [6, 6.07) is 0. The van der Waals surface area contributed by atoms with E-state index in [0.717, 1.165) is 36.8 Å². The van der Waals surface area contributed by atoms with Crippen molar-refractivity contribution in [1.82, 2.24) is 0 Å². The van der Waals surface area contributed by atoms with E-state index in [0.29, 0.717) is 37.0 Å². The fourth-order valence-electron chi connectivity index (χ4n) is 6.74. The molecule has 3 aliphatic carbocycles. The van der Waals surface area contributed by atoms with Crippen LogP contribution in [0.5, 0.6) is 0 Å². The fourth-order valence-corrected chi connectivity index (χ4v) is 6.74. The lowest BCUT2D eigenvalue weighted by molar-refractivity contribution is -0.124. The molecule has 1 unspecified atom stereocenters. The van der Waals surface area contributed by atoms with Crippen LogP contribution in [0.3, 0.4) is 0 Å². The number of hydrogen-bond donors (Lipinski definition) is 3. The van der Waals surface area contributed by atoms with Gasteiger partial charge in [-0.25, -0.2) is 0 Å². The van der Waals surface area contributed by atoms with E-state index in [1.54, 1.807) is 13.8 Å². The van der Waals surface area contributed by atoms with Crippen LogP contribution in [0.25, 0.3) is 0 Å². The lowest BCUT2D eigenvalue weighted by atomic mass is 9.60. The molecule has 3 saturated carbocycles. The van der Waals surface area contributed by atoms with Crippen molar-refractivity contribution >= 4 is 5.78 Å². The van der Waals surface area contributed by atoms with Gasteiger partial charge < -0.3 is 15.3 Å². The minimum atomic E-state index is -0.933. The highest BCUT2D eigenvalue weighted by atomic mass is 16.3. The number of ketones is 1. The maximum Gasteiger partial charge on any atom is 0.136 e. The average molecular weight is 431 g/mol. The Hall–Kier alpha value is -1.23. The minimum Gasteiger partial charge on any atom is -0.393 e. The van der Waals surface area contributed by atoms with Crippen molar-refractivity contribution in [3.05, 3.63) is 35.5 Å². The molecule has 0 radical (unpaired) electrons. The minimum absolute atomic E-state index is 0.163. The Morgan fingerprint density at radius 2 is 2.00 bits per heavy atom. The Bertz CT molecular complexity index is 756. The molecule has 0 aromatic carbocycles. The SMILES string of the molecule is C=C1/C(=C\C=C2/CCC[C@]3(C)[C@@H]([C@H](C)CC(=O)CC(C)(C)O)CC[C@@H]23)C[C@@H](O)CC1O. The zero-order valence-corrected chi connectivity index (χ0v) is 19.9. The second-order valence-corrected chi connectivity index (χ2v) is 11.4. The highest BCUT2D eigenvalue weighted by molar-refractivity contribution is 5.79. The van der Waals surface area contributed by atoms with Crippen molar-refractivity contribution in [3.63, 3.8) is 0 Å². The van der Waals surface area contributed by atoms with Crippen molar-refractivity contribution in [3.8, 4) is 0 Å². The first-order chi connectivity index (χ1) is 14.4. The summed E-state index contributed by atoms with van der Waals surface area (Å²) < 4.78 is 0. The second kappa shape index (κ2) is 9.33. The third-order valence-electron chi connectivity index (χ3n) is 8.17. The lowest BCUT2D eigenvalue weighted by Crippen LogP contribution is -2.36. The third-order valence-corrected chi connectivity index (χ3v) is 8.17. The molecule has 3 fully saturated rings. The number of Topliss-reactive ketones (excluding diaryl/α,β-unsaturated/α-hetero) is 1. The topological polar surface area (TPSA) is 77.8 Å². The number of aliphatic hydroxyl groups is 3. The van der Waals surface area contributed by atoms with Gasteiger partial charge in [0.15, 0.2) is 0 Å². The molecule has 3 rings (SSSR count). The highest BCUT2D eigenvalue weighted by Gasteiger charge is 2.50. The molecule has 0 aromatic rings. The van der Waals surface area contributed by atoms with Gasteiger partial charge in [-0.3, -0.25) is 4.79 Å². The van der Waals surface area contributed by atoms with Gasteiger partial charge in [-0.05, 0) is 86.7 Å². The molecule has 6 atom stereocenters. The Kier molecular flexibility index (Phi) is 7.35. The summed E-state index contributed by atoms with van der Waals surface area (Å²) in [5.41, 5.74) is 2.45. The van der Waals surface area contributed by atoms with E-state index in [4.69, 9.17) is 0 Å². The Labute approximate surface area is 188 Å². The molecule has 4 heteroatoms. The first-order valence-corrected chi connectivity index (χ1v) is 12.1. The Morgan fingerprint density at radius 3 is 2.68 bits per heavy atom. The highest BCUT2D eigenvalue weighted by Crippen LogP contribution is 2.59. The summed E-state index contributed by atoms with van der Waals surface area (Å²) in [7, 11) is 0. The van der Waals surface area contributed by atoms with Crippen molar-refractivity contribution < 1.29 is 20.1 Å². The van der Waals surface area contributed by atoms with Gasteiger partial charge in [0.25, 0.3) is 0 Å². The van der Waals surface area contributed by atoms with Gasteiger partial charge in [0.05, 0.1) is 17.8 Å². The van der Waals surface area contributed by atoms with Gasteiger partial charge >= 0.3 is 0 Å². The van der Waals surface area contributed by atoms with Crippen LogP contribution in [0.1, 0.15) is 85.5 Å². The van der Waals surface area contributed by atoms with E-state index in [9.17, 15) is 20.1 Å². The van der Waals surface area contributed by atoms with E-state index < -0.39 is 17.8 Å². The van der Waals surface area contributed by atoms with Crippen molar-refractivity contribution in [1.29, 1.82) is 0 Å². The summed E-state index contributed by atoms with van der Waals surface area (Å²) in [6.45, 7) is 12.1. The smallest absolute Gasteiger partial charge is 0.136 e. The summed E-state index contributed by atoms with van der Waals surface area (Å²) >= 11 is 0. The van der Waals surface area contributed by atoms with E-state index in [1.165, 1.54) is 12.0 Å². The van der Waals surface area contributed by atoms with E-state index in [2.05, 4.69) is 32.6 Å². The molecule has 3 aliphatic rings. The summed E-state index contributed by atoms with van der Waals surface area (Å²) in [5.74, 6) is 1.54. The molecule has 174 valence electrons. The van der Waals surface area contributed by atoms with Crippen LogP contribution in [0.4, 0.5) is 0 Å². The predicted octanol–water partition coefficient (Wildman–Crippen LogP) is 4.88. The van der Waals surface area contributed by atoms with Crippen LogP contribution in [0, 0.1) is 23.2 Å². The zero-order valence-electron chi connectivity index (χ0n) is 19.9. The zero-order chi connectivity index (χ0) is 23.0. The molecule has 0 amide bonds. The van der Waals surface area contributed by atoms with Gasteiger partial charge in [0.2, 0.25) is 0 Å². The average Bonchev–Trinajstić information content (AvgIpc) is 2.99. The molecule has 0 saturated heterocycles. The maximum absolute atomic E-state index is 12.5. The van der Waals surface area contributed by atoms with Gasteiger partial charge in [-0.1, -0.05) is 38.2 Å². The van der Waals surface area contributed by atoms with Crippen LogP contribution < -0.4 is 0 Å². The number of fused-ring (bicyclic) bond motifs is 1. The third kappa shape index (κ3) is 5.58. The van der Waals surface area contributed by atoms with Crippen LogP contribution in [-0.4, -0.2) is 38.9 Å².